The lowest BCUT2D eigenvalue weighted by molar-refractivity contribution is 0.0705. The van der Waals surface area contributed by atoms with Gasteiger partial charge in [-0.15, -0.1) is 24.8 Å². The molecule has 188 valence electrons. The molecule has 33 heavy (non-hydrogen) atoms. The Morgan fingerprint density at radius 2 is 1.79 bits per heavy atom. The van der Waals surface area contributed by atoms with Crippen molar-refractivity contribution in [1.82, 2.24) is 19.5 Å². The van der Waals surface area contributed by atoms with Crippen LogP contribution in [0.25, 0.3) is 11.2 Å². The summed E-state index contributed by atoms with van der Waals surface area (Å²) >= 11 is 0. The molecule has 0 aromatic carbocycles. The zero-order chi connectivity index (χ0) is 21.5. The van der Waals surface area contributed by atoms with Gasteiger partial charge in [-0.25, -0.2) is 4.98 Å². The topological polar surface area (TPSA) is 112 Å². The lowest BCUT2D eigenvalue weighted by Crippen LogP contribution is -2.33. The average molecular weight is 505 g/mol. The van der Waals surface area contributed by atoms with Crippen molar-refractivity contribution in [3.63, 3.8) is 0 Å². The largest absolute Gasteiger partial charge is 0.382 e. The van der Waals surface area contributed by atoms with Gasteiger partial charge in [0, 0.05) is 38.4 Å². The van der Waals surface area contributed by atoms with Crippen LogP contribution in [0.3, 0.4) is 0 Å². The fraction of sp³-hybridized carbons (Fsp3) is 0.773. The highest BCUT2D eigenvalue weighted by molar-refractivity contribution is 5.86. The van der Waals surface area contributed by atoms with Crippen molar-refractivity contribution in [3.8, 4) is 0 Å². The standard InChI is InChI=1S/C22H37N7O2.2ClH/c1-30-13-14-31-12-4-11-24-20-19-21(29(15-25-19)18-5-2-3-6-18)28-22(27-20)26-17-9-7-16(23)8-10-17;;/h15-18H,2-14,23H2,1H3,(H2,24,26,27,28);2*1H. The normalized spacial score (nSPS) is 20.9. The van der Waals surface area contributed by atoms with Crippen LogP contribution in [0.4, 0.5) is 11.8 Å². The SMILES string of the molecule is COCCOCCCNc1nc(NC2CCC(N)CC2)nc2c1ncn2C1CCCC1.Cl.Cl. The molecule has 4 rings (SSSR count). The molecular weight excluding hydrogens is 465 g/mol. The number of nitrogens with zero attached hydrogens (tertiary/aromatic N) is 4. The van der Waals surface area contributed by atoms with Crippen molar-refractivity contribution in [2.45, 2.75) is 75.9 Å². The molecule has 2 fully saturated rings. The highest BCUT2D eigenvalue weighted by Crippen LogP contribution is 2.33. The Hall–Kier alpha value is -1.39. The molecule has 0 spiro atoms. The minimum absolute atomic E-state index is 0. The Bertz CT molecular complexity index is 824. The number of nitrogens with two attached hydrogens (primary N) is 1. The molecule has 0 radical (unpaired) electrons. The quantitative estimate of drug-likeness (QED) is 0.395. The van der Waals surface area contributed by atoms with Crippen molar-refractivity contribution >= 4 is 47.7 Å². The second-order valence-corrected chi connectivity index (χ2v) is 8.80. The number of anilines is 2. The van der Waals surface area contributed by atoms with E-state index in [0.717, 1.165) is 55.6 Å². The van der Waals surface area contributed by atoms with Crippen LogP contribution in [-0.2, 0) is 9.47 Å². The maximum Gasteiger partial charge on any atom is 0.227 e. The Balaban J connectivity index is 0.00000193. The third-order valence-corrected chi connectivity index (χ3v) is 6.43. The molecule has 11 heteroatoms. The number of nitrogens with one attached hydrogen (secondary N) is 2. The summed E-state index contributed by atoms with van der Waals surface area (Å²) in [7, 11) is 1.68. The molecular formula is C22H39Cl2N7O2. The fourth-order valence-electron chi connectivity index (χ4n) is 4.63. The van der Waals surface area contributed by atoms with E-state index in [9.17, 15) is 0 Å². The first-order valence-electron chi connectivity index (χ1n) is 11.8. The number of halogens is 2. The lowest BCUT2D eigenvalue weighted by Gasteiger charge is -2.27. The van der Waals surface area contributed by atoms with Crippen LogP contribution >= 0.6 is 24.8 Å². The molecule has 2 aromatic rings. The van der Waals surface area contributed by atoms with E-state index in [1.54, 1.807) is 7.11 Å². The number of methoxy groups -OCH3 is 1. The van der Waals surface area contributed by atoms with Crippen LogP contribution in [0.5, 0.6) is 0 Å². The zero-order valence-corrected chi connectivity index (χ0v) is 21.1. The molecule has 0 aliphatic heterocycles. The molecule has 2 saturated carbocycles. The molecule has 4 N–H and O–H groups in total. The van der Waals surface area contributed by atoms with Crippen LogP contribution in [0, 0.1) is 0 Å². The third-order valence-electron chi connectivity index (χ3n) is 6.43. The summed E-state index contributed by atoms with van der Waals surface area (Å²) in [5.41, 5.74) is 7.85. The van der Waals surface area contributed by atoms with Gasteiger partial charge >= 0.3 is 0 Å². The summed E-state index contributed by atoms with van der Waals surface area (Å²) in [5.74, 6) is 1.49. The molecule has 0 atom stereocenters. The molecule has 0 saturated heterocycles. The second-order valence-electron chi connectivity index (χ2n) is 8.80. The average Bonchev–Trinajstić information content (AvgIpc) is 3.44. The number of imidazole rings is 1. The predicted molar refractivity (Wildman–Crippen MR) is 137 cm³/mol. The number of aromatic nitrogens is 4. The maximum absolute atomic E-state index is 6.07. The maximum atomic E-state index is 6.07. The molecule has 0 unspecified atom stereocenters. The summed E-state index contributed by atoms with van der Waals surface area (Å²) in [6, 6.07) is 1.19. The van der Waals surface area contributed by atoms with Gasteiger partial charge in [-0.2, -0.15) is 9.97 Å². The van der Waals surface area contributed by atoms with E-state index in [-0.39, 0.29) is 24.8 Å². The van der Waals surface area contributed by atoms with Crippen LogP contribution in [0.15, 0.2) is 6.33 Å². The number of ether oxygens (including phenoxy) is 2. The van der Waals surface area contributed by atoms with Gasteiger partial charge in [0.05, 0.1) is 19.5 Å². The van der Waals surface area contributed by atoms with Crippen molar-refractivity contribution in [2.75, 3.05) is 44.1 Å². The minimum Gasteiger partial charge on any atom is -0.382 e. The van der Waals surface area contributed by atoms with Crippen LogP contribution in [0.2, 0.25) is 0 Å². The van der Waals surface area contributed by atoms with Gasteiger partial charge in [0.15, 0.2) is 17.0 Å². The van der Waals surface area contributed by atoms with Gasteiger partial charge in [0.1, 0.15) is 0 Å². The van der Waals surface area contributed by atoms with E-state index in [2.05, 4.69) is 20.2 Å². The smallest absolute Gasteiger partial charge is 0.227 e. The number of hydrogen-bond donors (Lipinski definition) is 3. The summed E-state index contributed by atoms with van der Waals surface area (Å²) in [6.07, 6.45) is 12.0. The summed E-state index contributed by atoms with van der Waals surface area (Å²) < 4.78 is 12.8. The summed E-state index contributed by atoms with van der Waals surface area (Å²) in [6.45, 7) is 2.71. The van der Waals surface area contributed by atoms with Gasteiger partial charge in [0.2, 0.25) is 5.95 Å². The Kier molecular flexibility index (Phi) is 11.9. The van der Waals surface area contributed by atoms with E-state index < -0.39 is 0 Å². The number of hydrogen-bond acceptors (Lipinski definition) is 8. The van der Waals surface area contributed by atoms with Crippen LogP contribution < -0.4 is 16.4 Å². The van der Waals surface area contributed by atoms with Gasteiger partial charge < -0.3 is 30.4 Å². The van der Waals surface area contributed by atoms with Gasteiger partial charge in [-0.3, -0.25) is 0 Å². The van der Waals surface area contributed by atoms with Gasteiger partial charge in [-0.05, 0) is 44.9 Å². The van der Waals surface area contributed by atoms with E-state index in [1.807, 2.05) is 6.33 Å². The number of rotatable bonds is 11. The van der Waals surface area contributed by atoms with Crippen LogP contribution in [0.1, 0.15) is 63.8 Å². The van der Waals surface area contributed by atoms with Crippen molar-refractivity contribution in [2.24, 2.45) is 5.73 Å². The molecule has 9 nitrogen and oxygen atoms in total. The minimum atomic E-state index is 0. The molecule has 2 aromatic heterocycles. The van der Waals surface area contributed by atoms with E-state index in [1.165, 1.54) is 25.7 Å². The molecule has 2 heterocycles. The Labute approximate surface area is 208 Å². The van der Waals surface area contributed by atoms with E-state index >= 15 is 0 Å². The van der Waals surface area contributed by atoms with Gasteiger partial charge in [0.25, 0.3) is 0 Å². The third kappa shape index (κ3) is 7.55. The first kappa shape index (κ1) is 27.9. The number of fused-ring (bicyclic) bond motifs is 1. The highest BCUT2D eigenvalue weighted by Gasteiger charge is 2.23. The highest BCUT2D eigenvalue weighted by atomic mass is 35.5. The zero-order valence-electron chi connectivity index (χ0n) is 19.5. The predicted octanol–water partition coefficient (Wildman–Crippen LogP) is 3.93. The van der Waals surface area contributed by atoms with Crippen LogP contribution in [-0.4, -0.2) is 65.1 Å². The van der Waals surface area contributed by atoms with Crippen molar-refractivity contribution in [1.29, 1.82) is 0 Å². The van der Waals surface area contributed by atoms with Crippen molar-refractivity contribution < 1.29 is 9.47 Å². The molecule has 2 aliphatic rings. The van der Waals surface area contributed by atoms with E-state index in [4.69, 9.17) is 25.2 Å². The molecule has 0 bridgehead atoms. The first-order valence-corrected chi connectivity index (χ1v) is 11.8. The Morgan fingerprint density at radius 1 is 1.03 bits per heavy atom. The monoisotopic (exact) mass is 503 g/mol. The summed E-state index contributed by atoms with van der Waals surface area (Å²) in [4.78, 5) is 14.4. The fourth-order valence-corrected chi connectivity index (χ4v) is 4.63. The first-order chi connectivity index (χ1) is 15.2. The summed E-state index contributed by atoms with van der Waals surface area (Å²) in [5, 5.41) is 7.04. The van der Waals surface area contributed by atoms with Gasteiger partial charge in [-0.1, -0.05) is 12.8 Å². The van der Waals surface area contributed by atoms with E-state index in [0.29, 0.717) is 43.9 Å². The molecule has 0 amide bonds. The lowest BCUT2D eigenvalue weighted by atomic mass is 9.92. The molecule has 2 aliphatic carbocycles. The second kappa shape index (κ2) is 14.1. The Morgan fingerprint density at radius 3 is 2.52 bits per heavy atom. The van der Waals surface area contributed by atoms with Crippen molar-refractivity contribution in [3.05, 3.63) is 6.33 Å².